The van der Waals surface area contributed by atoms with E-state index < -0.39 is 0 Å². The molecule has 1 aliphatic heterocycles. The zero-order valence-corrected chi connectivity index (χ0v) is 15.3. The molecular formula is C13H28IN5O. The van der Waals surface area contributed by atoms with Gasteiger partial charge in [-0.25, -0.2) is 4.99 Å². The van der Waals surface area contributed by atoms with Crippen LogP contribution in [0.15, 0.2) is 4.99 Å². The van der Waals surface area contributed by atoms with Gasteiger partial charge in [0.15, 0.2) is 5.96 Å². The average Bonchev–Trinajstić information content (AvgIpc) is 2.78. The van der Waals surface area contributed by atoms with Gasteiger partial charge in [0.2, 0.25) is 5.91 Å². The van der Waals surface area contributed by atoms with E-state index in [2.05, 4.69) is 27.6 Å². The second-order valence-electron chi connectivity index (χ2n) is 5.28. The SMILES string of the molecule is CCNC(=NCC(=O)N(C)C)NCC1CCN(C)C1.I. The monoisotopic (exact) mass is 397 g/mol. The number of hydrogen-bond donors (Lipinski definition) is 2. The number of likely N-dealkylation sites (N-methyl/N-ethyl adjacent to an activating group) is 1. The van der Waals surface area contributed by atoms with Crippen molar-refractivity contribution in [2.45, 2.75) is 13.3 Å². The molecule has 0 bridgehead atoms. The Morgan fingerprint density at radius 1 is 1.40 bits per heavy atom. The summed E-state index contributed by atoms with van der Waals surface area (Å²) < 4.78 is 0. The van der Waals surface area contributed by atoms with Gasteiger partial charge in [-0.2, -0.15) is 0 Å². The van der Waals surface area contributed by atoms with Crippen molar-refractivity contribution < 1.29 is 4.79 Å². The fourth-order valence-electron chi connectivity index (χ4n) is 2.06. The number of guanidine groups is 1. The highest BCUT2D eigenvalue weighted by molar-refractivity contribution is 14.0. The Morgan fingerprint density at radius 3 is 2.60 bits per heavy atom. The maximum Gasteiger partial charge on any atom is 0.243 e. The van der Waals surface area contributed by atoms with Crippen molar-refractivity contribution in [1.29, 1.82) is 0 Å². The molecule has 0 spiro atoms. The van der Waals surface area contributed by atoms with E-state index in [1.54, 1.807) is 19.0 Å². The first-order valence-electron chi connectivity index (χ1n) is 6.93. The molecule has 1 saturated heterocycles. The second-order valence-corrected chi connectivity index (χ2v) is 5.28. The van der Waals surface area contributed by atoms with Crippen LogP contribution in [0.1, 0.15) is 13.3 Å². The molecule has 0 radical (unpaired) electrons. The van der Waals surface area contributed by atoms with E-state index in [1.165, 1.54) is 13.0 Å². The van der Waals surface area contributed by atoms with Gasteiger partial charge in [0.05, 0.1) is 0 Å². The molecule has 20 heavy (non-hydrogen) atoms. The van der Waals surface area contributed by atoms with Crippen LogP contribution in [-0.2, 0) is 4.79 Å². The molecule has 0 aliphatic carbocycles. The summed E-state index contributed by atoms with van der Waals surface area (Å²) in [7, 11) is 5.63. The highest BCUT2D eigenvalue weighted by Gasteiger charge is 2.19. The molecule has 1 heterocycles. The molecule has 1 rings (SSSR count). The first-order valence-corrected chi connectivity index (χ1v) is 6.93. The van der Waals surface area contributed by atoms with Crippen LogP contribution in [-0.4, -0.2) is 75.5 Å². The number of likely N-dealkylation sites (tertiary alicyclic amines) is 1. The van der Waals surface area contributed by atoms with Crippen LogP contribution in [0.4, 0.5) is 0 Å². The number of hydrogen-bond acceptors (Lipinski definition) is 3. The number of halogens is 1. The summed E-state index contributed by atoms with van der Waals surface area (Å²) in [6.45, 7) is 6.21. The Kier molecular flexibility index (Phi) is 9.91. The highest BCUT2D eigenvalue weighted by Crippen LogP contribution is 2.12. The first kappa shape index (κ1) is 19.4. The van der Waals surface area contributed by atoms with Crippen LogP contribution in [0.3, 0.4) is 0 Å². The van der Waals surface area contributed by atoms with E-state index >= 15 is 0 Å². The third kappa shape index (κ3) is 7.28. The zero-order valence-electron chi connectivity index (χ0n) is 13.0. The van der Waals surface area contributed by atoms with Crippen LogP contribution in [0, 0.1) is 5.92 Å². The number of amides is 1. The van der Waals surface area contributed by atoms with Crippen LogP contribution in [0.2, 0.25) is 0 Å². The topological polar surface area (TPSA) is 60.0 Å². The lowest BCUT2D eigenvalue weighted by atomic mass is 10.1. The smallest absolute Gasteiger partial charge is 0.243 e. The summed E-state index contributed by atoms with van der Waals surface area (Å²) in [6.07, 6.45) is 1.22. The minimum absolute atomic E-state index is 0. The molecule has 1 atom stereocenters. The van der Waals surface area contributed by atoms with Gasteiger partial charge in [0.1, 0.15) is 6.54 Å². The Hall–Kier alpha value is -0.570. The standard InChI is InChI=1S/C13H27N5O.HI/c1-5-14-13(16-9-12(19)17(2)3)15-8-11-6-7-18(4)10-11;/h11H,5-10H2,1-4H3,(H2,14,15,16);1H. The van der Waals surface area contributed by atoms with Gasteiger partial charge >= 0.3 is 0 Å². The summed E-state index contributed by atoms with van der Waals surface area (Å²) in [5.41, 5.74) is 0. The molecule has 2 N–H and O–H groups in total. The molecule has 0 aromatic rings. The minimum Gasteiger partial charge on any atom is -0.357 e. The Labute approximate surface area is 139 Å². The van der Waals surface area contributed by atoms with Gasteiger partial charge in [0, 0.05) is 33.7 Å². The van der Waals surface area contributed by atoms with Gasteiger partial charge in [-0.05, 0) is 32.9 Å². The van der Waals surface area contributed by atoms with Gasteiger partial charge in [-0.15, -0.1) is 24.0 Å². The van der Waals surface area contributed by atoms with Crippen LogP contribution in [0.5, 0.6) is 0 Å². The molecule has 0 aromatic heterocycles. The molecule has 7 heteroatoms. The number of rotatable bonds is 5. The number of nitrogens with one attached hydrogen (secondary N) is 2. The van der Waals surface area contributed by atoms with E-state index in [-0.39, 0.29) is 36.4 Å². The maximum atomic E-state index is 11.5. The third-order valence-electron chi connectivity index (χ3n) is 3.26. The molecule has 1 fully saturated rings. The molecule has 118 valence electrons. The van der Waals surface area contributed by atoms with E-state index in [0.717, 1.165) is 25.6 Å². The van der Waals surface area contributed by atoms with Crippen molar-refractivity contribution in [2.24, 2.45) is 10.9 Å². The molecular weight excluding hydrogens is 369 g/mol. The highest BCUT2D eigenvalue weighted by atomic mass is 127. The van der Waals surface area contributed by atoms with Crippen molar-refractivity contribution in [3.05, 3.63) is 0 Å². The van der Waals surface area contributed by atoms with Crippen LogP contribution < -0.4 is 10.6 Å². The summed E-state index contributed by atoms with van der Waals surface area (Å²) >= 11 is 0. The minimum atomic E-state index is 0. The molecule has 6 nitrogen and oxygen atoms in total. The lowest BCUT2D eigenvalue weighted by molar-refractivity contribution is -0.127. The Balaban J connectivity index is 0.00000361. The predicted octanol–water partition coefficient (Wildman–Crippen LogP) is 0.199. The summed E-state index contributed by atoms with van der Waals surface area (Å²) in [4.78, 5) is 19.7. The lowest BCUT2D eigenvalue weighted by Gasteiger charge is -2.15. The van der Waals surface area contributed by atoms with E-state index in [4.69, 9.17) is 0 Å². The average molecular weight is 397 g/mol. The number of carbonyl (C=O) groups is 1. The molecule has 1 amide bonds. The van der Waals surface area contributed by atoms with Crippen molar-refractivity contribution in [1.82, 2.24) is 20.4 Å². The molecule has 0 saturated carbocycles. The zero-order chi connectivity index (χ0) is 14.3. The third-order valence-corrected chi connectivity index (χ3v) is 3.26. The number of aliphatic imine (C=N–C) groups is 1. The quantitative estimate of drug-likeness (QED) is 0.396. The summed E-state index contributed by atoms with van der Waals surface area (Å²) in [6, 6.07) is 0. The van der Waals surface area contributed by atoms with Gasteiger partial charge in [-0.1, -0.05) is 0 Å². The summed E-state index contributed by atoms with van der Waals surface area (Å²) in [5.74, 6) is 1.41. The first-order chi connectivity index (χ1) is 9.02. The maximum absolute atomic E-state index is 11.5. The summed E-state index contributed by atoms with van der Waals surface area (Å²) in [5, 5.41) is 6.49. The largest absolute Gasteiger partial charge is 0.357 e. The Morgan fingerprint density at radius 2 is 2.10 bits per heavy atom. The van der Waals surface area contributed by atoms with Crippen molar-refractivity contribution in [2.75, 3.05) is 53.9 Å². The second kappa shape index (κ2) is 10.2. The lowest BCUT2D eigenvalue weighted by Crippen LogP contribution is -2.41. The van der Waals surface area contributed by atoms with Crippen molar-refractivity contribution in [3.63, 3.8) is 0 Å². The van der Waals surface area contributed by atoms with Gasteiger partial charge < -0.3 is 20.4 Å². The van der Waals surface area contributed by atoms with Crippen LogP contribution >= 0.6 is 24.0 Å². The fraction of sp³-hybridized carbons (Fsp3) is 0.846. The van der Waals surface area contributed by atoms with Crippen molar-refractivity contribution in [3.8, 4) is 0 Å². The van der Waals surface area contributed by atoms with Crippen LogP contribution in [0.25, 0.3) is 0 Å². The number of nitrogens with zero attached hydrogens (tertiary/aromatic N) is 3. The predicted molar refractivity (Wildman–Crippen MR) is 93.7 cm³/mol. The van der Waals surface area contributed by atoms with Crippen molar-refractivity contribution >= 4 is 35.8 Å². The van der Waals surface area contributed by atoms with E-state index in [1.807, 2.05) is 6.92 Å². The molecule has 0 aromatic carbocycles. The normalized spacial score (nSPS) is 19.4. The van der Waals surface area contributed by atoms with Gasteiger partial charge in [0.25, 0.3) is 0 Å². The fourth-order valence-corrected chi connectivity index (χ4v) is 2.06. The van der Waals surface area contributed by atoms with Gasteiger partial charge in [-0.3, -0.25) is 4.79 Å². The van der Waals surface area contributed by atoms with E-state index in [9.17, 15) is 4.79 Å². The Bertz CT molecular complexity index is 322. The van der Waals surface area contributed by atoms with E-state index in [0.29, 0.717) is 5.92 Å². The number of carbonyl (C=O) groups excluding carboxylic acids is 1. The molecule has 1 aliphatic rings. The molecule has 1 unspecified atom stereocenters.